The molecule has 0 spiro atoms. The fourth-order valence-electron chi connectivity index (χ4n) is 9.27. The summed E-state index contributed by atoms with van der Waals surface area (Å²) in [7, 11) is -9.88. The molecule has 3 N–H and O–H groups in total. The van der Waals surface area contributed by atoms with E-state index in [4.69, 9.17) is 37.0 Å². The number of esters is 4. The molecule has 6 atom stereocenters. The summed E-state index contributed by atoms with van der Waals surface area (Å²) >= 11 is 0. The summed E-state index contributed by atoms with van der Waals surface area (Å²) in [6.45, 7) is 11.6. The average molecular weight is 1210 g/mol. The molecule has 0 saturated carbocycles. The Morgan fingerprint density at radius 3 is 0.927 bits per heavy atom. The van der Waals surface area contributed by atoms with E-state index in [1.54, 1.807) is 0 Å². The smallest absolute Gasteiger partial charge is 0.462 e. The predicted octanol–water partition coefficient (Wildman–Crippen LogP) is 17.1. The van der Waals surface area contributed by atoms with Crippen LogP contribution in [0.4, 0.5) is 0 Å². The van der Waals surface area contributed by atoms with E-state index in [1.165, 1.54) is 103 Å². The van der Waals surface area contributed by atoms with Crippen LogP contribution in [0.2, 0.25) is 0 Å². The van der Waals surface area contributed by atoms with Gasteiger partial charge in [0.15, 0.2) is 12.2 Å². The van der Waals surface area contributed by atoms with Crippen molar-refractivity contribution in [3.8, 4) is 0 Å². The molecule has 0 heterocycles. The molecule has 0 aliphatic heterocycles. The largest absolute Gasteiger partial charge is 0.472 e. The number of aliphatic hydroxyl groups is 1. The lowest BCUT2D eigenvalue weighted by atomic mass is 10.00. The van der Waals surface area contributed by atoms with Crippen LogP contribution in [0.25, 0.3) is 0 Å². The Balaban J connectivity index is 5.16. The lowest BCUT2D eigenvalue weighted by Crippen LogP contribution is -2.30. The van der Waals surface area contributed by atoms with Crippen molar-refractivity contribution in [1.29, 1.82) is 0 Å². The monoisotopic (exact) mass is 1210 g/mol. The van der Waals surface area contributed by atoms with Crippen LogP contribution in [-0.4, -0.2) is 96.7 Å². The fourth-order valence-corrected chi connectivity index (χ4v) is 10.9. The molecule has 0 aliphatic rings. The van der Waals surface area contributed by atoms with Gasteiger partial charge in [0.05, 0.1) is 26.4 Å². The average Bonchev–Trinajstić information content (AvgIpc) is 3.47. The van der Waals surface area contributed by atoms with Crippen LogP contribution < -0.4 is 0 Å². The minimum atomic E-state index is -4.94. The number of phosphoric acid groups is 2. The van der Waals surface area contributed by atoms with Gasteiger partial charge in [-0.05, 0) is 43.4 Å². The third-order valence-electron chi connectivity index (χ3n) is 14.7. The van der Waals surface area contributed by atoms with E-state index >= 15 is 0 Å². The van der Waals surface area contributed by atoms with Crippen LogP contribution >= 0.6 is 15.6 Å². The lowest BCUT2D eigenvalue weighted by Gasteiger charge is -2.21. The summed E-state index contributed by atoms with van der Waals surface area (Å²) in [4.78, 5) is 71.9. The zero-order chi connectivity index (χ0) is 61.0. The number of rotatable bonds is 61. The molecule has 0 aromatic carbocycles. The first-order chi connectivity index (χ1) is 39.3. The van der Waals surface area contributed by atoms with E-state index in [0.717, 1.165) is 115 Å². The van der Waals surface area contributed by atoms with E-state index in [-0.39, 0.29) is 25.7 Å². The van der Waals surface area contributed by atoms with Gasteiger partial charge in [0.2, 0.25) is 0 Å². The molecule has 82 heavy (non-hydrogen) atoms. The molecular formula is C63H122O17P2. The number of phosphoric ester groups is 2. The van der Waals surface area contributed by atoms with E-state index in [1.807, 2.05) is 0 Å². The zero-order valence-corrected chi connectivity index (χ0v) is 54.7. The van der Waals surface area contributed by atoms with Crippen molar-refractivity contribution in [2.24, 2.45) is 17.8 Å². The quantitative estimate of drug-likeness (QED) is 0.0222. The van der Waals surface area contributed by atoms with E-state index in [0.29, 0.717) is 31.6 Å². The van der Waals surface area contributed by atoms with Crippen molar-refractivity contribution < 1.29 is 80.2 Å². The number of hydrogen-bond acceptors (Lipinski definition) is 15. The van der Waals surface area contributed by atoms with Crippen molar-refractivity contribution >= 4 is 39.5 Å². The Hall–Kier alpha value is -1.94. The molecule has 0 radical (unpaired) electrons. The number of ether oxygens (including phenoxy) is 4. The normalized spacial score (nSPS) is 14.7. The zero-order valence-electron chi connectivity index (χ0n) is 52.9. The predicted molar refractivity (Wildman–Crippen MR) is 326 cm³/mol. The Kier molecular flexibility index (Phi) is 53.2. The maximum atomic E-state index is 13.0. The third-order valence-corrected chi connectivity index (χ3v) is 16.6. The van der Waals surface area contributed by atoms with Gasteiger partial charge in [-0.1, -0.05) is 254 Å². The Morgan fingerprint density at radius 2 is 0.622 bits per heavy atom. The highest BCUT2D eigenvalue weighted by atomic mass is 31.2. The molecule has 0 amide bonds. The van der Waals surface area contributed by atoms with E-state index in [9.17, 15) is 43.2 Å². The van der Waals surface area contributed by atoms with Gasteiger partial charge in [-0.15, -0.1) is 0 Å². The number of hydrogen-bond donors (Lipinski definition) is 3. The molecule has 0 aromatic heterocycles. The first kappa shape index (κ1) is 80.1. The van der Waals surface area contributed by atoms with Gasteiger partial charge >= 0.3 is 39.5 Å². The topological polar surface area (TPSA) is 237 Å². The van der Waals surface area contributed by atoms with Gasteiger partial charge in [-0.25, -0.2) is 9.13 Å². The van der Waals surface area contributed by atoms with Crippen LogP contribution in [0.15, 0.2) is 0 Å². The summed E-state index contributed by atoms with van der Waals surface area (Å²) in [5.41, 5.74) is 0. The third kappa shape index (κ3) is 55.9. The second-order valence-corrected chi connectivity index (χ2v) is 26.9. The number of carbonyl (C=O) groups is 4. The number of unbranched alkanes of at least 4 members (excludes halogenated alkanes) is 28. The molecule has 19 heteroatoms. The van der Waals surface area contributed by atoms with Gasteiger partial charge < -0.3 is 33.8 Å². The molecule has 0 saturated heterocycles. The molecule has 0 aliphatic carbocycles. The summed E-state index contributed by atoms with van der Waals surface area (Å²) in [6, 6.07) is 0. The molecule has 3 unspecified atom stereocenters. The SMILES string of the molecule is CCCCCCCC(=O)OC[C@H](COP(=O)(O)OC[C@H](O)COP(=O)(O)OC[C@@H](COC(=O)CCCCCCCCCC(C)C)OC(=O)CCCCCCCCCCCCCCCCC(C)C)OC(=O)CCCCCCCCC(C)CC. The molecule has 0 fully saturated rings. The highest BCUT2D eigenvalue weighted by Crippen LogP contribution is 2.45. The van der Waals surface area contributed by atoms with Crippen LogP contribution in [0, 0.1) is 17.8 Å². The lowest BCUT2D eigenvalue weighted by molar-refractivity contribution is -0.161. The Bertz CT molecular complexity index is 1630. The highest BCUT2D eigenvalue weighted by Gasteiger charge is 2.30. The van der Waals surface area contributed by atoms with Gasteiger partial charge in [-0.3, -0.25) is 37.3 Å². The molecule has 17 nitrogen and oxygen atoms in total. The molecule has 486 valence electrons. The second-order valence-electron chi connectivity index (χ2n) is 24.0. The van der Waals surface area contributed by atoms with Crippen molar-refractivity contribution in [3.05, 3.63) is 0 Å². The molecule has 0 rings (SSSR count). The summed E-state index contributed by atoms with van der Waals surface area (Å²) in [6.07, 6.45) is 35.3. The summed E-state index contributed by atoms with van der Waals surface area (Å²) in [5.74, 6) is 0.0699. The molecule has 0 aromatic rings. The Morgan fingerprint density at radius 1 is 0.354 bits per heavy atom. The van der Waals surface area contributed by atoms with Crippen LogP contribution in [-0.2, 0) is 65.4 Å². The number of carbonyl (C=O) groups excluding carboxylic acids is 4. The second kappa shape index (κ2) is 54.5. The Labute approximate surface area is 498 Å². The molecule has 0 bridgehead atoms. The van der Waals surface area contributed by atoms with Crippen molar-refractivity contribution in [1.82, 2.24) is 0 Å². The maximum Gasteiger partial charge on any atom is 0.472 e. The summed E-state index contributed by atoms with van der Waals surface area (Å²) < 4.78 is 67.7. The minimum Gasteiger partial charge on any atom is -0.462 e. The maximum absolute atomic E-state index is 13.0. The highest BCUT2D eigenvalue weighted by molar-refractivity contribution is 7.47. The van der Waals surface area contributed by atoms with Gasteiger partial charge in [0.1, 0.15) is 19.3 Å². The standard InChI is InChI=1S/C63H122O17P2/c1-8-10-11-27-37-44-60(65)73-50-58(80-63(68)47-40-33-26-25-30-36-43-56(7)9-2)52-77-81(69,70)75-48-57(64)49-76-82(71,72)78-53-59(51-74-61(66)45-38-31-24-20-22-29-35-42-55(5)6)79-62(67)46-39-32-23-19-17-15-13-12-14-16-18-21-28-34-41-54(3)4/h54-59,64H,8-53H2,1-7H3,(H,69,70)(H,71,72)/t56?,57-,58+,59+/m0/s1. The van der Waals surface area contributed by atoms with Crippen molar-refractivity contribution in [2.45, 2.75) is 324 Å². The van der Waals surface area contributed by atoms with Gasteiger partial charge in [0.25, 0.3) is 0 Å². The summed E-state index contributed by atoms with van der Waals surface area (Å²) in [5, 5.41) is 10.5. The van der Waals surface area contributed by atoms with Crippen LogP contribution in [0.3, 0.4) is 0 Å². The fraction of sp³-hybridized carbons (Fsp3) is 0.937. The first-order valence-electron chi connectivity index (χ1n) is 32.9. The van der Waals surface area contributed by atoms with Crippen LogP contribution in [0.1, 0.15) is 305 Å². The minimum absolute atomic E-state index is 0.102. The van der Waals surface area contributed by atoms with E-state index in [2.05, 4.69) is 48.5 Å². The van der Waals surface area contributed by atoms with Gasteiger partial charge in [0, 0.05) is 25.7 Å². The molecular weight excluding hydrogens is 1090 g/mol. The van der Waals surface area contributed by atoms with Gasteiger partial charge in [-0.2, -0.15) is 0 Å². The van der Waals surface area contributed by atoms with Crippen molar-refractivity contribution in [2.75, 3.05) is 39.6 Å². The first-order valence-corrected chi connectivity index (χ1v) is 35.9. The van der Waals surface area contributed by atoms with E-state index < -0.39 is 97.5 Å². The number of aliphatic hydroxyl groups excluding tert-OH is 1. The van der Waals surface area contributed by atoms with Crippen molar-refractivity contribution in [3.63, 3.8) is 0 Å². The van der Waals surface area contributed by atoms with Crippen LogP contribution in [0.5, 0.6) is 0 Å².